The second-order valence-corrected chi connectivity index (χ2v) is 17.5. The fourth-order valence-electron chi connectivity index (χ4n) is 4.78. The van der Waals surface area contributed by atoms with E-state index in [1.54, 1.807) is 6.92 Å². The van der Waals surface area contributed by atoms with Crippen LogP contribution in [0, 0.1) is 6.92 Å². The summed E-state index contributed by atoms with van der Waals surface area (Å²) in [6.45, 7) is 1.65. The second kappa shape index (κ2) is 18.6. The maximum atomic E-state index is 13.0. The van der Waals surface area contributed by atoms with E-state index in [1.807, 2.05) is 0 Å². The molecule has 3 N–H and O–H groups in total. The van der Waals surface area contributed by atoms with Gasteiger partial charge in [0.05, 0.1) is 20.4 Å². The van der Waals surface area contributed by atoms with Crippen LogP contribution >= 0.6 is 0 Å². The van der Waals surface area contributed by atoms with Crippen LogP contribution in [0.4, 0.5) is 17.1 Å². The summed E-state index contributed by atoms with van der Waals surface area (Å²) in [7, 11) is -26.7. The quantitative estimate of drug-likeness (QED) is 0.0456. The van der Waals surface area contributed by atoms with Gasteiger partial charge in [0.1, 0.15) is 51.5 Å². The third-order valence-corrected chi connectivity index (χ3v) is 11.7. The van der Waals surface area contributed by atoms with Gasteiger partial charge in [-0.25, -0.2) is 25.3 Å². The van der Waals surface area contributed by atoms with E-state index in [2.05, 4.69) is 10.2 Å². The van der Waals surface area contributed by atoms with Gasteiger partial charge in [-0.15, -0.1) is 10.2 Å². The van der Waals surface area contributed by atoms with E-state index >= 15 is 0 Å². The first-order valence-corrected chi connectivity index (χ1v) is 20.3. The van der Waals surface area contributed by atoms with Gasteiger partial charge in [-0.05, 0) is 49.4 Å². The molecule has 0 radical (unpaired) electrons. The average Bonchev–Trinajstić information content (AvgIpc) is 2.98. The molecule has 0 aliphatic carbocycles. The Bertz CT molecular complexity index is 2930. The van der Waals surface area contributed by atoms with Crippen LogP contribution in [-0.4, -0.2) is 60.3 Å². The van der Waals surface area contributed by atoms with Crippen molar-refractivity contribution in [1.82, 2.24) is 0 Å². The molecule has 5 aromatic rings. The predicted molar refractivity (Wildman–Crippen MR) is 169 cm³/mol. The van der Waals surface area contributed by atoms with Gasteiger partial charge in [0, 0.05) is 27.6 Å². The number of benzene rings is 5. The Morgan fingerprint density at radius 2 is 1.13 bits per heavy atom. The summed E-state index contributed by atoms with van der Waals surface area (Å²) in [5.41, 5.74) is 4.18. The van der Waals surface area contributed by atoms with Crippen LogP contribution in [0.25, 0.3) is 21.5 Å². The molecule has 0 amide bonds. The fraction of sp³-hybridized carbons (Fsp3) is 0.0370. The Morgan fingerprint density at radius 3 is 1.64 bits per heavy atom. The molecule has 0 saturated carbocycles. The zero-order valence-electron chi connectivity index (χ0n) is 28.9. The van der Waals surface area contributed by atoms with Crippen LogP contribution in [0.2, 0.25) is 0 Å². The molecule has 0 fully saturated rings. The zero-order valence-corrected chi connectivity index (χ0v) is 41.0. The number of fused-ring (bicyclic) bond motifs is 2. The molecule has 0 aliphatic rings. The Morgan fingerprint density at radius 1 is 0.618 bits per heavy atom. The van der Waals surface area contributed by atoms with Gasteiger partial charge in [-0.3, -0.25) is 4.55 Å². The van der Waals surface area contributed by atoms with Crippen molar-refractivity contribution in [2.24, 2.45) is 10.2 Å². The number of hydrogen-bond donors (Lipinski definition) is 2. The van der Waals surface area contributed by atoms with Crippen molar-refractivity contribution < 1.29 is 188 Å². The molecule has 0 atom stereocenters. The average molecular weight is 892 g/mol. The normalized spacial score (nSPS) is 12.3. The maximum absolute atomic E-state index is 13.0. The molecule has 270 valence electrons. The first-order valence-electron chi connectivity index (χ1n) is 13.2. The largest absolute Gasteiger partial charge is 1.00 e. The van der Waals surface area contributed by atoms with Crippen LogP contribution in [0.1, 0.15) is 5.56 Å². The molecule has 5 aromatic carbocycles. The van der Waals surface area contributed by atoms with Gasteiger partial charge in [0.2, 0.25) is 0 Å². The molecule has 55 heavy (non-hydrogen) atoms. The molecule has 28 heteroatoms. The van der Waals surface area contributed by atoms with Crippen LogP contribution in [0.15, 0.2) is 101 Å². The SMILES string of the molecule is Cc1ccc(S(=O)(=O)Oc2cc(S(=O)(=O)[O-])cc3c(S(=O)(=O)O)c(N=Nc4cc(S(=O)(=O)[O-])c5cc(S(=O)(=O)[O-])cc([O-])c5c4N)ccc23)cc1.[Na+].[Na+].[Na+].[Na+]. The zero-order chi connectivity index (χ0) is 38.1. The number of nitrogens with two attached hydrogens (primary N) is 1. The summed E-state index contributed by atoms with van der Waals surface area (Å²) in [6.07, 6.45) is 0. The van der Waals surface area contributed by atoms with Gasteiger partial charge in [0.15, 0.2) is 5.75 Å². The van der Waals surface area contributed by atoms with Crippen LogP contribution in [-0.2, 0) is 50.6 Å². The van der Waals surface area contributed by atoms with Gasteiger partial charge in [-0.2, -0.15) is 16.8 Å². The molecule has 0 unspecified atom stereocenters. The van der Waals surface area contributed by atoms with E-state index in [0.717, 1.165) is 24.3 Å². The van der Waals surface area contributed by atoms with E-state index in [9.17, 15) is 65.4 Å². The number of rotatable bonds is 9. The van der Waals surface area contributed by atoms with E-state index in [-0.39, 0.29) is 118 Å². The van der Waals surface area contributed by atoms with Gasteiger partial charge >= 0.3 is 128 Å². The number of aryl methyl sites for hydroxylation is 1. The predicted octanol–water partition coefficient (Wildman–Crippen LogP) is -9.88. The van der Waals surface area contributed by atoms with E-state index < -0.39 is 125 Å². The van der Waals surface area contributed by atoms with E-state index in [4.69, 9.17) is 9.92 Å². The summed E-state index contributed by atoms with van der Waals surface area (Å²) in [5, 5.41) is 17.0. The minimum atomic E-state index is -5.58. The molecule has 5 rings (SSSR count). The van der Waals surface area contributed by atoms with Crippen molar-refractivity contribution in [3.05, 3.63) is 72.3 Å². The van der Waals surface area contributed by atoms with Crippen LogP contribution in [0.3, 0.4) is 0 Å². The number of azo groups is 1. The number of hydrogen-bond acceptors (Lipinski definition) is 18. The molecular weight excluding hydrogens is 875 g/mol. The van der Waals surface area contributed by atoms with Crippen molar-refractivity contribution >= 4 is 89.2 Å². The molecule has 0 aliphatic heterocycles. The standard InChI is InChI=1S/C27H21N3O16S5.4Na/c1-13-2-4-14(5-3-13)51(44,45)46-23-11-16(48(35,36)37)8-18-17(23)6-7-20(27(18)50(41,42)43)29-30-21-12-24(49(38,39)40)19-9-15(47(32,33)34)10-22(31)25(19)26(21)28;;;;/h2-12,31H,28H2,1H3,(H,32,33,34)(H,35,36,37)(H,38,39,40)(H,41,42,43);;;;/q;4*+1/p-4. The first-order chi connectivity index (χ1) is 23.3. The Hall–Kier alpha value is -0.790. The number of anilines is 1. The van der Waals surface area contributed by atoms with Gasteiger partial charge in [0.25, 0.3) is 10.1 Å². The van der Waals surface area contributed by atoms with E-state index in [0.29, 0.717) is 35.9 Å². The minimum absolute atomic E-state index is 0. The number of nitrogens with zero attached hydrogens (tertiary/aromatic N) is 2. The van der Waals surface area contributed by atoms with Crippen molar-refractivity contribution in [1.29, 1.82) is 0 Å². The van der Waals surface area contributed by atoms with Crippen LogP contribution < -0.4 is 133 Å². The van der Waals surface area contributed by atoms with Crippen LogP contribution in [0.5, 0.6) is 11.5 Å². The maximum Gasteiger partial charge on any atom is 1.00 e. The van der Waals surface area contributed by atoms with Crippen molar-refractivity contribution in [3.8, 4) is 11.5 Å². The molecule has 0 saturated heterocycles. The molecule has 0 aromatic heterocycles. The van der Waals surface area contributed by atoms with Crippen molar-refractivity contribution in [2.45, 2.75) is 31.4 Å². The monoisotopic (exact) mass is 891 g/mol. The molecule has 0 bridgehead atoms. The van der Waals surface area contributed by atoms with Gasteiger partial charge < -0.3 is 28.7 Å². The Kier molecular flexibility index (Phi) is 17.7. The third-order valence-electron chi connectivity index (χ3n) is 7.03. The summed E-state index contributed by atoms with van der Waals surface area (Å²) in [5.74, 6) is -2.22. The van der Waals surface area contributed by atoms with Crippen molar-refractivity contribution in [3.63, 3.8) is 0 Å². The van der Waals surface area contributed by atoms with E-state index in [1.165, 1.54) is 12.1 Å². The smallest absolute Gasteiger partial charge is 0.872 e. The Balaban J connectivity index is 0.00000378. The summed E-state index contributed by atoms with van der Waals surface area (Å²) >= 11 is 0. The molecular formula is C27H17N3Na4O16S5. The Labute approximate surface area is 402 Å². The molecule has 0 heterocycles. The summed E-state index contributed by atoms with van der Waals surface area (Å²) < 4.78 is 174. The third kappa shape index (κ3) is 11.5. The van der Waals surface area contributed by atoms with Gasteiger partial charge in [-0.1, -0.05) is 29.5 Å². The first kappa shape index (κ1) is 52.2. The fourth-order valence-corrected chi connectivity index (χ4v) is 8.26. The summed E-state index contributed by atoms with van der Waals surface area (Å²) in [6, 6.07) is 8.91. The molecule has 0 spiro atoms. The molecule has 19 nitrogen and oxygen atoms in total. The number of nitrogen functional groups attached to an aromatic ring is 1. The topological polar surface area (TPSA) is 343 Å². The minimum Gasteiger partial charge on any atom is -0.872 e. The summed E-state index contributed by atoms with van der Waals surface area (Å²) in [4.78, 5) is -5.40. The second-order valence-electron chi connectivity index (χ2n) is 10.5. The van der Waals surface area contributed by atoms with Crippen molar-refractivity contribution in [2.75, 3.05) is 5.73 Å².